The summed E-state index contributed by atoms with van der Waals surface area (Å²) in [5.74, 6) is 3.61. The van der Waals surface area contributed by atoms with E-state index in [0.717, 1.165) is 25.3 Å². The molecule has 1 heteroatoms. The zero-order valence-electron chi connectivity index (χ0n) is 7.81. The monoisotopic (exact) mass is 165 g/mol. The van der Waals surface area contributed by atoms with Gasteiger partial charge >= 0.3 is 0 Å². The molecule has 1 nitrogen and oxygen atoms in total. The molecule has 0 heterocycles. The van der Waals surface area contributed by atoms with E-state index in [1.54, 1.807) is 0 Å². The van der Waals surface area contributed by atoms with Crippen LogP contribution in [-0.4, -0.2) is 13.1 Å². The summed E-state index contributed by atoms with van der Waals surface area (Å²) in [5.41, 5.74) is 0. The van der Waals surface area contributed by atoms with Gasteiger partial charge in [0.2, 0.25) is 0 Å². The molecule has 12 heavy (non-hydrogen) atoms. The zero-order valence-corrected chi connectivity index (χ0v) is 7.81. The van der Waals surface area contributed by atoms with Crippen molar-refractivity contribution in [3.63, 3.8) is 0 Å². The Morgan fingerprint density at radius 2 is 2.08 bits per heavy atom. The van der Waals surface area contributed by atoms with Crippen molar-refractivity contribution in [3.8, 4) is 12.3 Å². The number of rotatable bonds is 5. The first-order valence-corrected chi connectivity index (χ1v) is 5.07. The van der Waals surface area contributed by atoms with Gasteiger partial charge in [0.1, 0.15) is 0 Å². The maximum absolute atomic E-state index is 5.16. The summed E-state index contributed by atoms with van der Waals surface area (Å²) in [7, 11) is 0. The molecular weight excluding hydrogens is 146 g/mol. The third-order valence-corrected chi connectivity index (χ3v) is 2.58. The van der Waals surface area contributed by atoms with Crippen LogP contribution in [0.15, 0.2) is 0 Å². The van der Waals surface area contributed by atoms with E-state index in [-0.39, 0.29) is 0 Å². The molecule has 0 aromatic rings. The van der Waals surface area contributed by atoms with Crippen LogP contribution in [0.25, 0.3) is 0 Å². The molecule has 0 aliphatic heterocycles. The van der Waals surface area contributed by atoms with Crippen LogP contribution in [0.1, 0.15) is 38.5 Å². The highest BCUT2D eigenvalue weighted by molar-refractivity contribution is 4.83. The standard InChI is InChI=1S/C11H19N/c1-2-3-6-9-12-10-11-7-4-5-8-11/h1,11-12H,3-10H2. The summed E-state index contributed by atoms with van der Waals surface area (Å²) < 4.78 is 0. The molecule has 0 unspecified atom stereocenters. The Hall–Kier alpha value is -0.480. The molecule has 0 aromatic heterocycles. The topological polar surface area (TPSA) is 12.0 Å². The predicted molar refractivity (Wildman–Crippen MR) is 52.9 cm³/mol. The quantitative estimate of drug-likeness (QED) is 0.486. The molecule has 1 saturated carbocycles. The highest BCUT2D eigenvalue weighted by Crippen LogP contribution is 2.23. The number of nitrogens with one attached hydrogen (secondary N) is 1. The Kier molecular flexibility index (Phi) is 4.87. The molecular formula is C11H19N. The maximum atomic E-state index is 5.16. The summed E-state index contributed by atoms with van der Waals surface area (Å²) in [4.78, 5) is 0. The van der Waals surface area contributed by atoms with E-state index in [2.05, 4.69) is 11.2 Å². The van der Waals surface area contributed by atoms with Gasteiger partial charge in [-0.2, -0.15) is 0 Å². The summed E-state index contributed by atoms with van der Waals surface area (Å²) in [6.07, 6.45) is 12.9. The minimum absolute atomic E-state index is 0.914. The molecule has 0 radical (unpaired) electrons. The molecule has 0 spiro atoms. The van der Waals surface area contributed by atoms with Gasteiger partial charge in [0, 0.05) is 6.42 Å². The van der Waals surface area contributed by atoms with Crippen LogP contribution in [0.2, 0.25) is 0 Å². The Morgan fingerprint density at radius 1 is 1.33 bits per heavy atom. The average molecular weight is 165 g/mol. The normalized spacial score (nSPS) is 17.9. The first kappa shape index (κ1) is 9.61. The van der Waals surface area contributed by atoms with Crippen molar-refractivity contribution in [2.75, 3.05) is 13.1 Å². The minimum atomic E-state index is 0.914. The fourth-order valence-corrected chi connectivity index (χ4v) is 1.84. The molecule has 0 aromatic carbocycles. The zero-order chi connectivity index (χ0) is 8.65. The van der Waals surface area contributed by atoms with E-state index in [4.69, 9.17) is 6.42 Å². The number of hydrogen-bond acceptors (Lipinski definition) is 1. The molecule has 1 rings (SSSR count). The lowest BCUT2D eigenvalue weighted by atomic mass is 10.1. The average Bonchev–Trinajstić information content (AvgIpc) is 2.57. The van der Waals surface area contributed by atoms with Crippen LogP contribution in [0, 0.1) is 18.3 Å². The van der Waals surface area contributed by atoms with Crippen LogP contribution in [0.5, 0.6) is 0 Å². The molecule has 0 bridgehead atoms. The fraction of sp³-hybridized carbons (Fsp3) is 0.818. The second kappa shape index (κ2) is 6.08. The second-order valence-electron chi connectivity index (χ2n) is 3.66. The maximum Gasteiger partial charge on any atom is 0.00981 e. The van der Waals surface area contributed by atoms with Gasteiger partial charge < -0.3 is 5.32 Å². The van der Waals surface area contributed by atoms with Crippen LogP contribution in [-0.2, 0) is 0 Å². The van der Waals surface area contributed by atoms with E-state index in [1.165, 1.54) is 32.2 Å². The Bertz CT molecular complexity index is 140. The van der Waals surface area contributed by atoms with E-state index < -0.39 is 0 Å². The Balaban J connectivity index is 1.85. The number of hydrogen-bond donors (Lipinski definition) is 1. The van der Waals surface area contributed by atoms with E-state index in [9.17, 15) is 0 Å². The van der Waals surface area contributed by atoms with Gasteiger partial charge in [0.15, 0.2) is 0 Å². The van der Waals surface area contributed by atoms with Crippen LogP contribution in [0.3, 0.4) is 0 Å². The fourth-order valence-electron chi connectivity index (χ4n) is 1.84. The van der Waals surface area contributed by atoms with Crippen LogP contribution < -0.4 is 5.32 Å². The molecule has 1 N–H and O–H groups in total. The predicted octanol–water partition coefficient (Wildman–Crippen LogP) is 2.18. The van der Waals surface area contributed by atoms with Crippen molar-refractivity contribution in [3.05, 3.63) is 0 Å². The second-order valence-corrected chi connectivity index (χ2v) is 3.66. The van der Waals surface area contributed by atoms with Gasteiger partial charge in [-0.05, 0) is 38.3 Å². The molecule has 1 aliphatic rings. The lowest BCUT2D eigenvalue weighted by Gasteiger charge is -2.09. The van der Waals surface area contributed by atoms with Gasteiger partial charge in [0.25, 0.3) is 0 Å². The molecule has 0 saturated heterocycles. The van der Waals surface area contributed by atoms with Gasteiger partial charge in [-0.3, -0.25) is 0 Å². The van der Waals surface area contributed by atoms with Crippen molar-refractivity contribution >= 4 is 0 Å². The van der Waals surface area contributed by atoms with Crippen LogP contribution in [0.4, 0.5) is 0 Å². The van der Waals surface area contributed by atoms with Crippen molar-refractivity contribution < 1.29 is 0 Å². The Labute approximate surface area is 75.9 Å². The van der Waals surface area contributed by atoms with E-state index in [1.807, 2.05) is 0 Å². The van der Waals surface area contributed by atoms with Gasteiger partial charge in [0.05, 0.1) is 0 Å². The smallest absolute Gasteiger partial charge is 0.00981 e. The Morgan fingerprint density at radius 3 is 2.75 bits per heavy atom. The third-order valence-electron chi connectivity index (χ3n) is 2.58. The summed E-state index contributed by atoms with van der Waals surface area (Å²) in [5, 5.41) is 3.47. The van der Waals surface area contributed by atoms with Gasteiger partial charge in [-0.25, -0.2) is 0 Å². The summed E-state index contributed by atoms with van der Waals surface area (Å²) in [6, 6.07) is 0. The first-order chi connectivity index (χ1) is 5.93. The lowest BCUT2D eigenvalue weighted by Crippen LogP contribution is -2.22. The first-order valence-electron chi connectivity index (χ1n) is 5.07. The molecule has 68 valence electrons. The number of terminal acetylenes is 1. The van der Waals surface area contributed by atoms with Crippen molar-refractivity contribution in [1.29, 1.82) is 0 Å². The molecule has 1 fully saturated rings. The van der Waals surface area contributed by atoms with Gasteiger partial charge in [-0.1, -0.05) is 12.8 Å². The molecule has 0 amide bonds. The summed E-state index contributed by atoms with van der Waals surface area (Å²) >= 11 is 0. The third kappa shape index (κ3) is 3.78. The van der Waals surface area contributed by atoms with Crippen molar-refractivity contribution in [1.82, 2.24) is 5.32 Å². The van der Waals surface area contributed by atoms with E-state index in [0.29, 0.717) is 0 Å². The molecule has 1 aliphatic carbocycles. The van der Waals surface area contributed by atoms with Crippen molar-refractivity contribution in [2.45, 2.75) is 38.5 Å². The largest absolute Gasteiger partial charge is 0.316 e. The highest BCUT2D eigenvalue weighted by Gasteiger charge is 2.13. The minimum Gasteiger partial charge on any atom is -0.316 e. The summed E-state index contributed by atoms with van der Waals surface area (Å²) in [6.45, 7) is 2.31. The molecule has 0 atom stereocenters. The number of unbranched alkanes of at least 4 members (excludes halogenated alkanes) is 1. The van der Waals surface area contributed by atoms with E-state index >= 15 is 0 Å². The van der Waals surface area contributed by atoms with Crippen molar-refractivity contribution in [2.24, 2.45) is 5.92 Å². The highest BCUT2D eigenvalue weighted by atomic mass is 14.9. The SMILES string of the molecule is C#CCCCNCC1CCCC1. The van der Waals surface area contributed by atoms with Gasteiger partial charge in [-0.15, -0.1) is 12.3 Å². The lowest BCUT2D eigenvalue weighted by molar-refractivity contribution is 0.487. The van der Waals surface area contributed by atoms with Crippen LogP contribution >= 0.6 is 0 Å².